The van der Waals surface area contributed by atoms with Crippen molar-refractivity contribution >= 4 is 23.0 Å². The van der Waals surface area contributed by atoms with Crippen molar-refractivity contribution in [3.8, 4) is 5.75 Å². The van der Waals surface area contributed by atoms with Gasteiger partial charge in [-0.15, -0.1) is 0 Å². The van der Waals surface area contributed by atoms with Crippen molar-refractivity contribution in [1.29, 1.82) is 0 Å². The van der Waals surface area contributed by atoms with E-state index in [9.17, 15) is 18.5 Å². The average Bonchev–Trinajstić information content (AvgIpc) is 2.81. The molecule has 1 aromatic carbocycles. The van der Waals surface area contributed by atoms with Gasteiger partial charge in [0.2, 0.25) is 0 Å². The van der Waals surface area contributed by atoms with Crippen LogP contribution in [0.5, 0.6) is 5.75 Å². The zero-order valence-electron chi connectivity index (χ0n) is 15.9. The lowest BCUT2D eigenvalue weighted by molar-refractivity contribution is 0.169. The normalized spacial score (nSPS) is 25.0. The van der Waals surface area contributed by atoms with Gasteiger partial charge in [-0.1, -0.05) is 42.7 Å². The molecule has 0 unspecified atom stereocenters. The van der Waals surface area contributed by atoms with Crippen LogP contribution in [-0.2, 0) is 14.5 Å². The molecule has 2 N–H and O–H groups in total. The van der Waals surface area contributed by atoms with Gasteiger partial charge < -0.3 is 14.8 Å². The molecular weight excluding hydrogens is 363 g/mol. The standard InChI is InChI=1S/C20H27BO5S/c1-3-5-15(10-16-6-4-7-17(22)11-16)8-9-18-20-14(2)13-27(24,25)19(20)12-21(23)26-18/h4,6-7,10-11,18-19,22-23H,3,5,8-9,12-13H2,1-2H3/b15-10+/t18-,19+/m1/s1. The highest BCUT2D eigenvalue weighted by Crippen LogP contribution is 2.39. The van der Waals surface area contributed by atoms with Crippen molar-refractivity contribution in [2.24, 2.45) is 0 Å². The highest BCUT2D eigenvalue weighted by molar-refractivity contribution is 7.92. The van der Waals surface area contributed by atoms with Crippen LogP contribution in [0, 0.1) is 0 Å². The summed E-state index contributed by atoms with van der Waals surface area (Å²) in [6, 6.07) is 7.13. The van der Waals surface area contributed by atoms with Gasteiger partial charge in [-0.25, -0.2) is 8.42 Å². The molecular formula is C20H27BO5S. The Hall–Kier alpha value is -1.57. The second kappa shape index (κ2) is 8.21. The van der Waals surface area contributed by atoms with Gasteiger partial charge in [0.15, 0.2) is 9.84 Å². The van der Waals surface area contributed by atoms with Gasteiger partial charge in [-0.3, -0.25) is 0 Å². The Kier molecular flexibility index (Phi) is 6.13. The quantitative estimate of drug-likeness (QED) is 0.575. The molecule has 5 nitrogen and oxygen atoms in total. The molecule has 2 aliphatic heterocycles. The first kappa shape index (κ1) is 20.2. The SMILES string of the molecule is CCC/C(=C\c1cccc(O)c1)CC[C@H]1OB(O)C[C@H]2C1=C(C)CS2(=O)=O. The van der Waals surface area contributed by atoms with E-state index < -0.39 is 22.2 Å². The Morgan fingerprint density at radius 3 is 2.85 bits per heavy atom. The van der Waals surface area contributed by atoms with Crippen LogP contribution in [-0.4, -0.2) is 42.8 Å². The van der Waals surface area contributed by atoms with Gasteiger partial charge in [0.05, 0.1) is 17.1 Å². The number of hydrogen-bond acceptors (Lipinski definition) is 5. The number of rotatable bonds is 6. The highest BCUT2D eigenvalue weighted by atomic mass is 32.2. The minimum absolute atomic E-state index is 0.0700. The minimum atomic E-state index is -3.22. The molecule has 2 atom stereocenters. The van der Waals surface area contributed by atoms with Crippen LogP contribution in [0.1, 0.15) is 45.1 Å². The zero-order valence-corrected chi connectivity index (χ0v) is 16.7. The summed E-state index contributed by atoms with van der Waals surface area (Å²) in [5.74, 6) is 0.304. The summed E-state index contributed by atoms with van der Waals surface area (Å²) in [5, 5.41) is 19.1. The van der Waals surface area contributed by atoms with E-state index in [1.807, 2.05) is 19.1 Å². The maximum absolute atomic E-state index is 12.4. The van der Waals surface area contributed by atoms with Crippen LogP contribution in [0.15, 0.2) is 41.0 Å². The van der Waals surface area contributed by atoms with Crippen molar-refractivity contribution < 1.29 is 23.2 Å². The predicted molar refractivity (Wildman–Crippen MR) is 108 cm³/mol. The Bertz CT molecular complexity index is 859. The molecule has 0 amide bonds. The van der Waals surface area contributed by atoms with Gasteiger partial charge in [-0.05, 0) is 49.5 Å². The average molecular weight is 390 g/mol. The van der Waals surface area contributed by atoms with Gasteiger partial charge >= 0.3 is 7.12 Å². The monoisotopic (exact) mass is 390 g/mol. The van der Waals surface area contributed by atoms with Crippen LogP contribution in [0.3, 0.4) is 0 Å². The molecule has 0 radical (unpaired) electrons. The third-order valence-corrected chi connectivity index (χ3v) is 7.46. The van der Waals surface area contributed by atoms with E-state index in [0.29, 0.717) is 6.42 Å². The number of allylic oxidation sites excluding steroid dienone is 1. The molecule has 0 bridgehead atoms. The topological polar surface area (TPSA) is 83.8 Å². The molecule has 3 rings (SSSR count). The lowest BCUT2D eigenvalue weighted by Gasteiger charge is -2.32. The lowest BCUT2D eigenvalue weighted by atomic mass is 9.74. The Labute approximate surface area is 161 Å². The van der Waals surface area contributed by atoms with Gasteiger partial charge in [0.25, 0.3) is 0 Å². The van der Waals surface area contributed by atoms with Crippen molar-refractivity contribution in [2.75, 3.05) is 5.75 Å². The summed E-state index contributed by atoms with van der Waals surface area (Å²) < 4.78 is 30.5. The first-order chi connectivity index (χ1) is 12.8. The number of phenols is 1. The number of aromatic hydroxyl groups is 1. The predicted octanol–water partition coefficient (Wildman–Crippen LogP) is 3.35. The summed E-state index contributed by atoms with van der Waals surface area (Å²) in [6.07, 6.45) is 5.16. The Balaban J connectivity index is 1.77. The number of benzene rings is 1. The second-order valence-electron chi connectivity index (χ2n) is 7.53. The number of phenolic OH excluding ortho intramolecular Hbond substituents is 1. The molecule has 0 saturated carbocycles. The first-order valence-electron chi connectivity index (χ1n) is 9.53. The number of hydrogen-bond donors (Lipinski definition) is 2. The number of sulfone groups is 1. The molecule has 0 aliphatic carbocycles. The first-order valence-corrected chi connectivity index (χ1v) is 11.2. The molecule has 1 saturated heterocycles. The van der Waals surface area contributed by atoms with Crippen LogP contribution in [0.25, 0.3) is 6.08 Å². The van der Waals surface area contributed by atoms with E-state index in [1.54, 1.807) is 12.1 Å². The zero-order chi connectivity index (χ0) is 19.6. The molecule has 1 fully saturated rings. The minimum Gasteiger partial charge on any atom is -0.508 e. The van der Waals surface area contributed by atoms with E-state index in [4.69, 9.17) is 4.65 Å². The largest absolute Gasteiger partial charge is 0.508 e. The highest BCUT2D eigenvalue weighted by Gasteiger charge is 2.47. The summed E-state index contributed by atoms with van der Waals surface area (Å²) >= 11 is 0. The van der Waals surface area contributed by atoms with Gasteiger partial charge in [-0.2, -0.15) is 0 Å². The summed E-state index contributed by atoms with van der Waals surface area (Å²) in [5.41, 5.74) is 3.89. The molecule has 0 aromatic heterocycles. The fraction of sp³-hybridized carbons (Fsp3) is 0.500. The smallest absolute Gasteiger partial charge is 0.456 e. The van der Waals surface area contributed by atoms with Crippen LogP contribution >= 0.6 is 0 Å². The maximum Gasteiger partial charge on any atom is 0.456 e. The maximum atomic E-state index is 12.4. The molecule has 1 aromatic rings. The van der Waals surface area contributed by atoms with E-state index >= 15 is 0 Å². The van der Waals surface area contributed by atoms with Crippen LogP contribution in [0.4, 0.5) is 0 Å². The van der Waals surface area contributed by atoms with Crippen molar-refractivity contribution in [3.63, 3.8) is 0 Å². The van der Waals surface area contributed by atoms with E-state index in [1.165, 1.54) is 5.57 Å². The van der Waals surface area contributed by atoms with Gasteiger partial charge in [0, 0.05) is 6.32 Å². The van der Waals surface area contributed by atoms with Crippen LogP contribution < -0.4 is 0 Å². The van der Waals surface area contributed by atoms with Crippen molar-refractivity contribution in [1.82, 2.24) is 0 Å². The van der Waals surface area contributed by atoms with Crippen molar-refractivity contribution in [2.45, 2.75) is 57.2 Å². The fourth-order valence-corrected chi connectivity index (χ4v) is 6.36. The number of fused-ring (bicyclic) bond motifs is 1. The van der Waals surface area contributed by atoms with Crippen molar-refractivity contribution in [3.05, 3.63) is 46.5 Å². The summed E-state index contributed by atoms with van der Waals surface area (Å²) in [6.45, 7) is 3.97. The third-order valence-electron chi connectivity index (χ3n) is 5.31. The lowest BCUT2D eigenvalue weighted by Crippen LogP contribution is -2.41. The molecule has 2 heterocycles. The Morgan fingerprint density at radius 2 is 2.15 bits per heavy atom. The summed E-state index contributed by atoms with van der Waals surface area (Å²) in [4.78, 5) is 0. The molecule has 7 heteroatoms. The Morgan fingerprint density at radius 1 is 1.37 bits per heavy atom. The van der Waals surface area contributed by atoms with E-state index in [2.05, 4.69) is 13.0 Å². The summed E-state index contributed by atoms with van der Waals surface area (Å²) in [7, 11) is -4.25. The third kappa shape index (κ3) is 4.65. The van der Waals surface area contributed by atoms with Gasteiger partial charge in [0.1, 0.15) is 5.75 Å². The molecule has 2 aliphatic rings. The molecule has 146 valence electrons. The van der Waals surface area contributed by atoms with Crippen LogP contribution in [0.2, 0.25) is 6.32 Å². The molecule has 27 heavy (non-hydrogen) atoms. The fourth-order valence-electron chi connectivity index (χ4n) is 4.19. The molecule has 0 spiro atoms. The van der Waals surface area contributed by atoms with E-state index in [-0.39, 0.29) is 23.9 Å². The second-order valence-corrected chi connectivity index (χ2v) is 9.72. The van der Waals surface area contributed by atoms with E-state index in [0.717, 1.165) is 36.0 Å².